The second-order valence-corrected chi connectivity index (χ2v) is 8.60. The average molecular weight is 360 g/mol. The SMILES string of the molecule is COc1ccc(Cn2nnnc2C2N3C(=O)C(N)C3SC2(C)C)cc1. The molecule has 25 heavy (non-hydrogen) atoms. The van der Waals surface area contributed by atoms with Gasteiger partial charge in [-0.15, -0.1) is 16.9 Å². The van der Waals surface area contributed by atoms with Gasteiger partial charge in [-0.05, 0) is 42.0 Å². The van der Waals surface area contributed by atoms with E-state index in [0.29, 0.717) is 12.4 Å². The molecule has 1 amide bonds. The van der Waals surface area contributed by atoms with Gasteiger partial charge >= 0.3 is 0 Å². The Hall–Kier alpha value is -2.13. The number of β-lactam (4-membered cyclic amide) rings is 1. The molecule has 2 N–H and O–H groups in total. The molecule has 2 aromatic rings. The fraction of sp³-hybridized carbons (Fsp3) is 0.500. The van der Waals surface area contributed by atoms with Gasteiger partial charge < -0.3 is 15.4 Å². The Balaban J connectivity index is 1.63. The van der Waals surface area contributed by atoms with Gasteiger partial charge in [0.25, 0.3) is 0 Å². The summed E-state index contributed by atoms with van der Waals surface area (Å²) in [7, 11) is 1.64. The number of thioether (sulfide) groups is 1. The molecule has 3 atom stereocenters. The van der Waals surface area contributed by atoms with E-state index in [9.17, 15) is 4.79 Å². The zero-order valence-electron chi connectivity index (χ0n) is 14.3. The third kappa shape index (κ3) is 2.49. The second-order valence-electron chi connectivity index (χ2n) is 6.83. The molecule has 8 nitrogen and oxygen atoms in total. The van der Waals surface area contributed by atoms with Crippen LogP contribution in [0.5, 0.6) is 5.75 Å². The summed E-state index contributed by atoms with van der Waals surface area (Å²) in [6.45, 7) is 4.74. The Morgan fingerprint density at radius 1 is 1.32 bits per heavy atom. The van der Waals surface area contributed by atoms with Crippen LogP contribution >= 0.6 is 11.8 Å². The van der Waals surface area contributed by atoms with E-state index in [1.165, 1.54) is 0 Å². The van der Waals surface area contributed by atoms with E-state index in [-0.39, 0.29) is 22.1 Å². The molecule has 2 saturated heterocycles. The van der Waals surface area contributed by atoms with E-state index in [4.69, 9.17) is 10.5 Å². The molecule has 3 heterocycles. The van der Waals surface area contributed by atoms with E-state index in [0.717, 1.165) is 11.3 Å². The highest BCUT2D eigenvalue weighted by Crippen LogP contribution is 2.56. The normalized spacial score (nSPS) is 27.1. The molecule has 9 heteroatoms. The highest BCUT2D eigenvalue weighted by Gasteiger charge is 2.61. The van der Waals surface area contributed by atoms with E-state index in [1.54, 1.807) is 23.6 Å². The quantitative estimate of drug-likeness (QED) is 0.805. The number of aromatic nitrogens is 4. The number of benzene rings is 1. The van der Waals surface area contributed by atoms with E-state index in [1.807, 2.05) is 29.2 Å². The van der Waals surface area contributed by atoms with E-state index >= 15 is 0 Å². The lowest BCUT2D eigenvalue weighted by Crippen LogP contribution is -2.65. The van der Waals surface area contributed by atoms with Gasteiger partial charge in [0.05, 0.1) is 13.7 Å². The van der Waals surface area contributed by atoms with Crippen molar-refractivity contribution in [1.29, 1.82) is 0 Å². The summed E-state index contributed by atoms with van der Waals surface area (Å²) in [5.74, 6) is 1.46. The molecule has 4 rings (SSSR count). The number of nitrogens with zero attached hydrogens (tertiary/aromatic N) is 5. The van der Waals surface area contributed by atoms with Crippen LogP contribution in [0.1, 0.15) is 31.3 Å². The maximum absolute atomic E-state index is 12.3. The van der Waals surface area contributed by atoms with Crippen LogP contribution in [0.4, 0.5) is 0 Å². The minimum atomic E-state index is -0.430. The Morgan fingerprint density at radius 3 is 2.72 bits per heavy atom. The van der Waals surface area contributed by atoms with Crippen LogP contribution in [0.25, 0.3) is 0 Å². The number of hydrogen-bond acceptors (Lipinski definition) is 7. The zero-order chi connectivity index (χ0) is 17.8. The summed E-state index contributed by atoms with van der Waals surface area (Å²) in [6, 6.07) is 7.15. The Morgan fingerprint density at radius 2 is 2.04 bits per heavy atom. The van der Waals surface area contributed by atoms with Crippen molar-refractivity contribution in [1.82, 2.24) is 25.1 Å². The van der Waals surface area contributed by atoms with E-state index < -0.39 is 6.04 Å². The summed E-state index contributed by atoms with van der Waals surface area (Å²) in [5.41, 5.74) is 7.01. The molecule has 2 aliphatic heterocycles. The van der Waals surface area contributed by atoms with Crippen molar-refractivity contribution in [2.75, 3.05) is 7.11 Å². The topological polar surface area (TPSA) is 99.2 Å². The third-order valence-electron chi connectivity index (χ3n) is 4.78. The molecule has 132 valence electrons. The Bertz CT molecular complexity index is 805. The van der Waals surface area contributed by atoms with Gasteiger partial charge in [0.2, 0.25) is 5.91 Å². The predicted octanol–water partition coefficient (Wildman–Crippen LogP) is 0.792. The molecule has 1 aromatic heterocycles. The molecule has 0 bridgehead atoms. The molecule has 2 fully saturated rings. The van der Waals surface area contributed by atoms with Crippen molar-refractivity contribution in [3.05, 3.63) is 35.7 Å². The highest BCUT2D eigenvalue weighted by molar-refractivity contribution is 8.01. The van der Waals surface area contributed by atoms with Gasteiger partial charge in [-0.25, -0.2) is 4.68 Å². The largest absolute Gasteiger partial charge is 0.497 e. The van der Waals surface area contributed by atoms with E-state index in [2.05, 4.69) is 29.4 Å². The van der Waals surface area contributed by atoms with Crippen molar-refractivity contribution in [3.8, 4) is 5.75 Å². The number of fused-ring (bicyclic) bond motifs is 1. The van der Waals surface area contributed by atoms with Crippen molar-refractivity contribution < 1.29 is 9.53 Å². The van der Waals surface area contributed by atoms with Gasteiger partial charge in [-0.2, -0.15) is 0 Å². The Labute approximate surface area is 149 Å². The number of amides is 1. The average Bonchev–Trinajstić information content (AvgIpc) is 3.14. The van der Waals surface area contributed by atoms with Crippen molar-refractivity contribution >= 4 is 17.7 Å². The van der Waals surface area contributed by atoms with Crippen LogP contribution in [0.15, 0.2) is 24.3 Å². The van der Waals surface area contributed by atoms with Crippen LogP contribution in [0.3, 0.4) is 0 Å². The number of carbonyl (C=O) groups excluding carboxylic acids is 1. The first-order chi connectivity index (χ1) is 11.9. The summed E-state index contributed by atoms with van der Waals surface area (Å²) in [6.07, 6.45) is 0. The van der Waals surface area contributed by atoms with Crippen molar-refractivity contribution in [3.63, 3.8) is 0 Å². The van der Waals surface area contributed by atoms with Crippen molar-refractivity contribution in [2.24, 2.45) is 5.73 Å². The third-order valence-corrected chi connectivity index (χ3v) is 6.37. The maximum Gasteiger partial charge on any atom is 0.244 e. The second kappa shape index (κ2) is 5.70. The summed E-state index contributed by atoms with van der Waals surface area (Å²) in [4.78, 5) is 14.1. The summed E-state index contributed by atoms with van der Waals surface area (Å²) < 4.78 is 6.74. The minimum Gasteiger partial charge on any atom is -0.497 e. The molecule has 0 radical (unpaired) electrons. The van der Waals surface area contributed by atoms with Gasteiger partial charge in [-0.1, -0.05) is 12.1 Å². The predicted molar refractivity (Wildman–Crippen MR) is 92.9 cm³/mol. The van der Waals surface area contributed by atoms with Gasteiger partial charge in [0.15, 0.2) is 5.82 Å². The monoisotopic (exact) mass is 360 g/mol. The fourth-order valence-corrected chi connectivity index (χ4v) is 5.06. The maximum atomic E-state index is 12.3. The number of nitrogens with two attached hydrogens (primary N) is 1. The molecule has 0 spiro atoms. The first-order valence-corrected chi connectivity index (χ1v) is 8.95. The first-order valence-electron chi connectivity index (χ1n) is 8.07. The molecule has 2 aliphatic rings. The molecular formula is C16H20N6O2S. The summed E-state index contributed by atoms with van der Waals surface area (Å²) in [5, 5.41) is 12.2. The van der Waals surface area contributed by atoms with Crippen molar-refractivity contribution in [2.45, 2.75) is 42.6 Å². The first kappa shape index (κ1) is 16.3. The van der Waals surface area contributed by atoms with Crippen LogP contribution in [0.2, 0.25) is 0 Å². The van der Waals surface area contributed by atoms with Gasteiger partial charge in [0, 0.05) is 4.75 Å². The highest BCUT2D eigenvalue weighted by atomic mass is 32.2. The van der Waals surface area contributed by atoms with Crippen LogP contribution in [-0.4, -0.2) is 54.3 Å². The molecule has 1 aromatic carbocycles. The lowest BCUT2D eigenvalue weighted by molar-refractivity contribution is -0.147. The van der Waals surface area contributed by atoms with Crippen LogP contribution in [0, 0.1) is 0 Å². The Kier molecular flexibility index (Phi) is 3.73. The molecule has 0 saturated carbocycles. The fourth-order valence-electron chi connectivity index (χ4n) is 3.48. The van der Waals surface area contributed by atoms with Gasteiger partial charge in [0.1, 0.15) is 23.2 Å². The summed E-state index contributed by atoms with van der Waals surface area (Å²) >= 11 is 1.71. The number of carbonyl (C=O) groups is 1. The number of tetrazole rings is 1. The molecular weight excluding hydrogens is 340 g/mol. The lowest BCUT2D eigenvalue weighted by atomic mass is 9.95. The zero-order valence-corrected chi connectivity index (χ0v) is 15.1. The van der Waals surface area contributed by atoms with Gasteiger partial charge in [-0.3, -0.25) is 4.79 Å². The van der Waals surface area contributed by atoms with Crippen LogP contribution in [-0.2, 0) is 11.3 Å². The smallest absolute Gasteiger partial charge is 0.244 e. The lowest BCUT2D eigenvalue weighted by Gasteiger charge is -2.42. The van der Waals surface area contributed by atoms with Crippen LogP contribution < -0.4 is 10.5 Å². The number of methoxy groups -OCH3 is 1. The number of hydrogen-bond donors (Lipinski definition) is 1. The number of ether oxygens (including phenoxy) is 1. The molecule has 3 unspecified atom stereocenters. The number of rotatable bonds is 4. The standard InChI is InChI=1S/C16H20N6O2S/c1-16(2)12(22-14(23)11(17)15(22)25-16)13-18-19-20-21(13)8-9-4-6-10(24-3)7-5-9/h4-7,11-12,15H,8,17H2,1-3H3. The minimum absolute atomic E-state index is 0.00126. The molecule has 0 aliphatic carbocycles.